The van der Waals surface area contributed by atoms with Crippen molar-refractivity contribution in [2.24, 2.45) is 5.92 Å². The normalized spacial score (nSPS) is 22.7. The number of allylic oxidation sites excluding steroid dienone is 4. The van der Waals surface area contributed by atoms with Crippen molar-refractivity contribution < 1.29 is 17.1 Å². The minimum atomic E-state index is 0. The Hall–Kier alpha value is 0.859. The van der Waals surface area contributed by atoms with Crippen LogP contribution in [0.3, 0.4) is 0 Å². The molecule has 0 aliphatic heterocycles. The molecule has 2 atom stereocenters. The fourth-order valence-electron chi connectivity index (χ4n) is 2.52. The minimum Gasteiger partial charge on any atom is -0.358 e. The molecule has 0 spiro atoms. The summed E-state index contributed by atoms with van der Waals surface area (Å²) >= 11 is 0. The monoisotopic (exact) mass is 356 g/mol. The summed E-state index contributed by atoms with van der Waals surface area (Å²) in [6.07, 6.45) is 16.2. The molecule has 0 N–H and O–H groups in total. The number of hydrogen-bond acceptors (Lipinski definition) is 0. The Labute approximate surface area is 142 Å². The molecule has 2 rings (SSSR count). The van der Waals surface area contributed by atoms with Crippen molar-refractivity contribution in [1.29, 1.82) is 0 Å². The Morgan fingerprint density at radius 1 is 0.950 bits per heavy atom. The summed E-state index contributed by atoms with van der Waals surface area (Å²) < 4.78 is 0. The summed E-state index contributed by atoms with van der Waals surface area (Å²) in [5.41, 5.74) is 0.935. The van der Waals surface area contributed by atoms with Gasteiger partial charge in [0.25, 0.3) is 0 Å². The van der Waals surface area contributed by atoms with Gasteiger partial charge in [-0.25, -0.2) is 0 Å². The zero-order valence-electron chi connectivity index (χ0n) is 14.2. The number of rotatable bonds is 3. The van der Waals surface area contributed by atoms with Gasteiger partial charge < -0.3 is 14.9 Å². The Kier molecular flexibility index (Phi) is 19.1. The zero-order valence-corrected chi connectivity index (χ0v) is 17.1. The molecule has 2 aliphatic rings. The van der Waals surface area contributed by atoms with Crippen LogP contribution >= 0.6 is 15.8 Å². The van der Waals surface area contributed by atoms with Crippen molar-refractivity contribution in [3.8, 4) is 0 Å². The van der Waals surface area contributed by atoms with Gasteiger partial charge in [-0.15, -0.1) is 15.8 Å². The molecule has 0 aromatic rings. The first-order chi connectivity index (χ1) is 8.11. The third-order valence-corrected chi connectivity index (χ3v) is 6.34. The van der Waals surface area contributed by atoms with E-state index >= 15 is 0 Å². The van der Waals surface area contributed by atoms with E-state index in [0.717, 1.165) is 11.6 Å². The average Bonchev–Trinajstić information content (AvgIpc) is 2.88. The molecule has 20 heavy (non-hydrogen) atoms. The summed E-state index contributed by atoms with van der Waals surface area (Å²) in [5.74, 6) is 0.993. The largest absolute Gasteiger partial charge is 2.00 e. The van der Waals surface area contributed by atoms with Gasteiger partial charge in [-0.3, -0.25) is 0 Å². The molecule has 0 aromatic carbocycles. The van der Waals surface area contributed by atoms with Crippen molar-refractivity contribution in [2.45, 2.75) is 31.3 Å². The maximum absolute atomic E-state index is 2.47. The molecule has 3 heteroatoms. The average molecular weight is 356 g/mol. The zero-order chi connectivity index (χ0) is 12.7. The molecule has 2 aliphatic carbocycles. The van der Waals surface area contributed by atoms with Crippen molar-refractivity contribution in [3.63, 3.8) is 0 Å². The molecule has 0 heterocycles. The fraction of sp³-hybridized carbons (Fsp3) is 0.647. The van der Waals surface area contributed by atoms with E-state index in [1.54, 1.807) is 0 Å². The molecule has 0 fully saturated rings. The third kappa shape index (κ3) is 10.6. The van der Waals surface area contributed by atoms with Gasteiger partial charge in [0.1, 0.15) is 0 Å². The maximum atomic E-state index is 2.47. The predicted molar refractivity (Wildman–Crippen MR) is 99.3 cm³/mol. The van der Waals surface area contributed by atoms with Crippen LogP contribution in [-0.4, -0.2) is 38.5 Å². The van der Waals surface area contributed by atoms with Gasteiger partial charge >= 0.3 is 17.1 Å². The van der Waals surface area contributed by atoms with Gasteiger partial charge in [0.05, 0.1) is 0 Å². The van der Waals surface area contributed by atoms with E-state index in [2.05, 4.69) is 51.0 Å². The molecule has 0 saturated heterocycles. The summed E-state index contributed by atoms with van der Waals surface area (Å²) in [6, 6.07) is 0. The fourth-order valence-corrected chi connectivity index (χ4v) is 5.54. The number of hydrogen-bond donors (Lipinski definition) is 0. The van der Waals surface area contributed by atoms with E-state index in [1.165, 1.54) is 31.8 Å². The molecule has 120 valence electrons. The molecule has 0 aromatic heterocycles. The van der Waals surface area contributed by atoms with Gasteiger partial charge in [0.2, 0.25) is 0 Å². The summed E-state index contributed by atoms with van der Waals surface area (Å²) in [4.78, 5) is 0. The van der Waals surface area contributed by atoms with Gasteiger partial charge in [-0.2, -0.15) is 0 Å². The van der Waals surface area contributed by atoms with Crippen LogP contribution in [-0.2, 0) is 17.1 Å². The van der Waals surface area contributed by atoms with E-state index in [0.29, 0.717) is 7.92 Å². The Morgan fingerprint density at radius 2 is 1.50 bits per heavy atom. The molecule has 1 unspecified atom stereocenters. The molecule has 0 radical (unpaired) electrons. The molecule has 0 saturated carbocycles. The van der Waals surface area contributed by atoms with Crippen LogP contribution in [0.5, 0.6) is 0 Å². The van der Waals surface area contributed by atoms with Crippen LogP contribution in [0.1, 0.15) is 25.7 Å². The molecular weight excluding hydrogens is 322 g/mol. The van der Waals surface area contributed by atoms with Crippen molar-refractivity contribution in [1.82, 2.24) is 0 Å². The van der Waals surface area contributed by atoms with Crippen LogP contribution in [0.25, 0.3) is 0 Å². The first kappa shape index (κ1) is 25.8. The smallest absolute Gasteiger partial charge is 0.358 e. The second kappa shape index (κ2) is 14.8. The Balaban J connectivity index is -0.000000312. The SMILES string of the molecule is C1=CCCC1.CP(C)CC1CC=C[C@@H]1P(C)C.[CH3-].[CH3-].[Fe+2]. The van der Waals surface area contributed by atoms with Crippen LogP contribution in [0.4, 0.5) is 0 Å². The van der Waals surface area contributed by atoms with E-state index in [-0.39, 0.29) is 39.8 Å². The minimum absolute atomic E-state index is 0. The molecule has 0 amide bonds. The Morgan fingerprint density at radius 3 is 1.85 bits per heavy atom. The van der Waals surface area contributed by atoms with Gasteiger partial charge in [-0.05, 0) is 64.4 Å². The first-order valence-corrected chi connectivity index (χ1v) is 11.5. The standard InChI is InChI=1S/C10H20P2.C5H8.2CH3.Fe/c1-11(2)8-9-6-5-7-10(9)12(3)4;1-2-4-5-3-1;;;/h5,7,9-10H,6,8H2,1-4H3;1-2H,3-5H2;2*1H3;/q;;2*-1;+2/t9?,10-;;;;/m0..../s1. The molecular formula is C17H34FeP2. The van der Waals surface area contributed by atoms with Gasteiger partial charge in [0, 0.05) is 5.66 Å². The predicted octanol–water partition coefficient (Wildman–Crippen LogP) is 6.04. The first-order valence-electron chi connectivity index (χ1n) is 6.74. The maximum Gasteiger partial charge on any atom is 2.00 e. The van der Waals surface area contributed by atoms with Crippen LogP contribution in [0.2, 0.25) is 0 Å². The molecule has 0 nitrogen and oxygen atoms in total. The second-order valence-corrected chi connectivity index (χ2v) is 10.6. The van der Waals surface area contributed by atoms with Gasteiger partial charge in [0.15, 0.2) is 0 Å². The van der Waals surface area contributed by atoms with Crippen molar-refractivity contribution in [2.75, 3.05) is 32.8 Å². The summed E-state index contributed by atoms with van der Waals surface area (Å²) in [7, 11) is 0.560. The summed E-state index contributed by atoms with van der Waals surface area (Å²) in [6.45, 7) is 9.63. The van der Waals surface area contributed by atoms with E-state index < -0.39 is 0 Å². The molecule has 0 bridgehead atoms. The van der Waals surface area contributed by atoms with Crippen molar-refractivity contribution >= 4 is 15.8 Å². The second-order valence-electron chi connectivity index (χ2n) is 5.54. The third-order valence-electron chi connectivity index (χ3n) is 3.36. The van der Waals surface area contributed by atoms with Crippen LogP contribution in [0, 0.1) is 20.8 Å². The van der Waals surface area contributed by atoms with E-state index in [9.17, 15) is 0 Å². The topological polar surface area (TPSA) is 0 Å². The summed E-state index contributed by atoms with van der Waals surface area (Å²) in [5, 5.41) is 0. The van der Waals surface area contributed by atoms with E-state index in [1.807, 2.05) is 0 Å². The Bertz CT molecular complexity index is 254. The quantitative estimate of drug-likeness (QED) is 0.250. The van der Waals surface area contributed by atoms with Crippen LogP contribution < -0.4 is 0 Å². The van der Waals surface area contributed by atoms with Crippen LogP contribution in [0.15, 0.2) is 24.3 Å². The van der Waals surface area contributed by atoms with E-state index in [4.69, 9.17) is 0 Å². The van der Waals surface area contributed by atoms with Crippen molar-refractivity contribution in [3.05, 3.63) is 39.2 Å². The van der Waals surface area contributed by atoms with Gasteiger partial charge in [-0.1, -0.05) is 24.3 Å².